The van der Waals surface area contributed by atoms with E-state index in [-0.39, 0.29) is 44.1 Å². The fraction of sp³-hybridized carbons (Fsp3) is 0.457. The number of fused-ring (bicyclic) bond motifs is 1. The van der Waals surface area contributed by atoms with Crippen molar-refractivity contribution in [2.45, 2.75) is 71.3 Å². The summed E-state index contributed by atoms with van der Waals surface area (Å²) >= 11 is 5.97. The molecule has 246 valence electrons. The van der Waals surface area contributed by atoms with Crippen LogP contribution in [0, 0.1) is 22.7 Å². The predicted molar refractivity (Wildman–Crippen MR) is 168 cm³/mol. The van der Waals surface area contributed by atoms with Gasteiger partial charge in [0.25, 0.3) is 0 Å². The Morgan fingerprint density at radius 2 is 1.67 bits per heavy atom. The van der Waals surface area contributed by atoms with Gasteiger partial charge in [-0.1, -0.05) is 61.9 Å². The Hall–Kier alpha value is -4.18. The van der Waals surface area contributed by atoms with Gasteiger partial charge in [-0.25, -0.2) is 4.79 Å². The standard InChI is InChI=1S/C35H39ClO10/c1-21-4-11-27-34(2,26(21)10-7-23-19-25(45-33(23)43)18-22-5-8-24(36)9-6-22)17-16-28(46-32(42)15-13-30(39)40)35(27,3)20-44-31(41)14-12-29(37)38/h5-10,18-19,26-28H,1,4,11-17,20H2,2-3H3,(H,37,38)(H,39,40)/b10-7+,25-18-/t26-,27+,28-,34+,35+/m1/s1. The molecule has 1 aromatic rings. The lowest BCUT2D eigenvalue weighted by atomic mass is 9.46. The molecule has 0 aromatic heterocycles. The molecule has 0 unspecified atom stereocenters. The van der Waals surface area contributed by atoms with Crippen LogP contribution in [-0.2, 0) is 38.2 Å². The molecule has 1 aromatic carbocycles. The Morgan fingerprint density at radius 1 is 1.02 bits per heavy atom. The molecule has 2 aliphatic carbocycles. The first-order valence-corrected chi connectivity index (χ1v) is 15.6. The molecule has 46 heavy (non-hydrogen) atoms. The van der Waals surface area contributed by atoms with Crippen molar-refractivity contribution in [2.75, 3.05) is 6.61 Å². The summed E-state index contributed by atoms with van der Waals surface area (Å²) in [5.74, 6) is -3.93. The molecule has 0 saturated heterocycles. The molecule has 11 heteroatoms. The number of ether oxygens (including phenoxy) is 3. The van der Waals surface area contributed by atoms with E-state index in [4.69, 9.17) is 36.0 Å². The van der Waals surface area contributed by atoms with E-state index < -0.39 is 46.8 Å². The van der Waals surface area contributed by atoms with Crippen molar-refractivity contribution >= 4 is 47.5 Å². The highest BCUT2D eigenvalue weighted by Gasteiger charge is 2.59. The number of carboxylic acid groups (broad SMARTS) is 2. The van der Waals surface area contributed by atoms with E-state index in [9.17, 15) is 24.0 Å². The number of esters is 3. The topological polar surface area (TPSA) is 154 Å². The van der Waals surface area contributed by atoms with Crippen LogP contribution >= 0.6 is 11.6 Å². The van der Waals surface area contributed by atoms with Gasteiger partial charge >= 0.3 is 29.8 Å². The molecular formula is C35H39ClO10. The van der Waals surface area contributed by atoms with Crippen LogP contribution in [0.2, 0.25) is 5.02 Å². The van der Waals surface area contributed by atoms with Gasteiger partial charge in [0.15, 0.2) is 0 Å². The quantitative estimate of drug-likeness (QED) is 0.149. The molecule has 0 amide bonds. The van der Waals surface area contributed by atoms with E-state index >= 15 is 0 Å². The molecule has 0 bridgehead atoms. The van der Waals surface area contributed by atoms with Crippen molar-refractivity contribution < 1.29 is 48.4 Å². The van der Waals surface area contributed by atoms with Crippen molar-refractivity contribution in [3.8, 4) is 0 Å². The summed E-state index contributed by atoms with van der Waals surface area (Å²) in [5.41, 5.74) is 0.903. The summed E-state index contributed by atoms with van der Waals surface area (Å²) in [6, 6.07) is 7.13. The minimum Gasteiger partial charge on any atom is -0.481 e. The summed E-state index contributed by atoms with van der Waals surface area (Å²) in [5, 5.41) is 18.6. The third-order valence-corrected chi connectivity index (χ3v) is 9.72. The number of benzene rings is 1. The van der Waals surface area contributed by atoms with Crippen LogP contribution in [0.15, 0.2) is 66.0 Å². The average Bonchev–Trinajstić information content (AvgIpc) is 3.34. The third kappa shape index (κ3) is 8.15. The fourth-order valence-electron chi connectivity index (χ4n) is 7.11. The Bertz CT molecular complexity index is 1490. The van der Waals surface area contributed by atoms with Crippen LogP contribution in [-0.4, -0.2) is 52.8 Å². The third-order valence-electron chi connectivity index (χ3n) is 9.47. The van der Waals surface area contributed by atoms with Crippen molar-refractivity contribution in [3.63, 3.8) is 0 Å². The van der Waals surface area contributed by atoms with Crippen LogP contribution in [0.4, 0.5) is 0 Å². The van der Waals surface area contributed by atoms with Crippen LogP contribution in [0.25, 0.3) is 6.08 Å². The van der Waals surface area contributed by atoms with Gasteiger partial charge in [0, 0.05) is 16.4 Å². The van der Waals surface area contributed by atoms with E-state index in [1.807, 2.05) is 25.1 Å². The molecule has 3 aliphatic rings. The molecule has 1 aliphatic heterocycles. The second-order valence-electron chi connectivity index (χ2n) is 12.7. The van der Waals surface area contributed by atoms with Gasteiger partial charge in [0.1, 0.15) is 18.5 Å². The number of allylic oxidation sites excluding steroid dienone is 3. The number of hydrogen-bond acceptors (Lipinski definition) is 8. The van der Waals surface area contributed by atoms with Crippen LogP contribution in [0.1, 0.15) is 70.8 Å². The lowest BCUT2D eigenvalue weighted by Gasteiger charge is -2.59. The molecule has 5 atom stereocenters. The van der Waals surface area contributed by atoms with Crippen LogP contribution < -0.4 is 0 Å². The van der Waals surface area contributed by atoms with Crippen molar-refractivity contribution in [2.24, 2.45) is 22.7 Å². The maximum Gasteiger partial charge on any atom is 0.343 e. The van der Waals surface area contributed by atoms with E-state index in [0.29, 0.717) is 42.0 Å². The number of carbonyl (C=O) groups excluding carboxylic acids is 3. The van der Waals surface area contributed by atoms with Crippen LogP contribution in [0.3, 0.4) is 0 Å². The van der Waals surface area contributed by atoms with E-state index in [1.54, 1.807) is 30.4 Å². The smallest absolute Gasteiger partial charge is 0.343 e. The zero-order chi connectivity index (χ0) is 33.6. The molecule has 10 nitrogen and oxygen atoms in total. The fourth-order valence-corrected chi connectivity index (χ4v) is 7.24. The van der Waals surface area contributed by atoms with Gasteiger partial charge in [-0.2, -0.15) is 0 Å². The Kier molecular flexibility index (Phi) is 10.9. The van der Waals surface area contributed by atoms with E-state index in [1.165, 1.54) is 0 Å². The maximum absolute atomic E-state index is 12.7. The molecule has 4 rings (SSSR count). The summed E-state index contributed by atoms with van der Waals surface area (Å²) < 4.78 is 16.9. The summed E-state index contributed by atoms with van der Waals surface area (Å²) in [7, 11) is 0. The average molecular weight is 655 g/mol. The maximum atomic E-state index is 12.7. The van der Waals surface area contributed by atoms with Crippen molar-refractivity contribution in [3.05, 3.63) is 76.6 Å². The van der Waals surface area contributed by atoms with Gasteiger partial charge in [-0.3, -0.25) is 19.2 Å². The van der Waals surface area contributed by atoms with E-state index in [2.05, 4.69) is 13.5 Å². The van der Waals surface area contributed by atoms with Gasteiger partial charge in [-0.05, 0) is 66.9 Å². The molecule has 0 radical (unpaired) electrons. The molecule has 2 N–H and O–H groups in total. The summed E-state index contributed by atoms with van der Waals surface area (Å²) in [6.07, 6.45) is 7.50. The largest absolute Gasteiger partial charge is 0.481 e. The molecular weight excluding hydrogens is 616 g/mol. The molecule has 2 saturated carbocycles. The zero-order valence-corrected chi connectivity index (χ0v) is 26.7. The minimum atomic E-state index is -1.12. The van der Waals surface area contributed by atoms with Gasteiger partial charge in [-0.15, -0.1) is 0 Å². The second kappa shape index (κ2) is 14.5. The Balaban J connectivity index is 1.59. The lowest BCUT2D eigenvalue weighted by Crippen LogP contribution is -2.58. The van der Waals surface area contributed by atoms with Crippen molar-refractivity contribution in [1.82, 2.24) is 0 Å². The number of aliphatic carboxylic acids is 2. The van der Waals surface area contributed by atoms with E-state index in [0.717, 1.165) is 11.1 Å². The number of rotatable bonds is 12. The first-order chi connectivity index (χ1) is 21.7. The summed E-state index contributed by atoms with van der Waals surface area (Å²) in [4.78, 5) is 59.9. The predicted octanol–water partition coefficient (Wildman–Crippen LogP) is 6.29. The molecule has 0 spiro atoms. The highest BCUT2D eigenvalue weighted by atomic mass is 35.5. The lowest BCUT2D eigenvalue weighted by molar-refractivity contribution is -0.192. The van der Waals surface area contributed by atoms with Gasteiger partial charge < -0.3 is 24.4 Å². The number of hydrogen-bond donors (Lipinski definition) is 2. The van der Waals surface area contributed by atoms with Crippen molar-refractivity contribution in [1.29, 1.82) is 0 Å². The Morgan fingerprint density at radius 3 is 2.33 bits per heavy atom. The van der Waals surface area contributed by atoms with Gasteiger partial charge in [0.2, 0.25) is 0 Å². The number of carboxylic acids is 2. The first kappa shape index (κ1) is 34.7. The normalized spacial score (nSPS) is 28.4. The highest BCUT2D eigenvalue weighted by molar-refractivity contribution is 6.30. The minimum absolute atomic E-state index is 0.109. The summed E-state index contributed by atoms with van der Waals surface area (Å²) in [6.45, 7) is 8.26. The Labute approximate surface area is 272 Å². The monoisotopic (exact) mass is 654 g/mol. The van der Waals surface area contributed by atoms with Gasteiger partial charge in [0.05, 0.1) is 31.3 Å². The number of carbonyl (C=O) groups is 5. The number of cyclic esters (lactones) is 1. The SMILES string of the molecule is C=C1CC[C@@H]2[C@](C)(COC(=O)CCC(=O)O)[C@H](OC(=O)CCC(=O)O)CC[C@@]2(C)[C@@H]1/C=C/C1=CC(=C/c2ccc(Cl)cc2)/OC1=O. The first-order valence-electron chi connectivity index (χ1n) is 15.3. The zero-order valence-electron chi connectivity index (χ0n) is 26.0. The molecule has 2 fully saturated rings. The highest BCUT2D eigenvalue weighted by Crippen LogP contribution is 2.62. The molecule has 1 heterocycles. The number of halogens is 1. The second-order valence-corrected chi connectivity index (χ2v) is 13.1. The van der Waals surface area contributed by atoms with Crippen LogP contribution in [0.5, 0.6) is 0 Å².